The van der Waals surface area contributed by atoms with E-state index in [9.17, 15) is 24.0 Å². The number of alkyl halides is 1. The molecule has 15 nitrogen and oxygen atoms in total. The van der Waals surface area contributed by atoms with Crippen molar-refractivity contribution in [2.45, 2.75) is 90.2 Å². The van der Waals surface area contributed by atoms with Crippen molar-refractivity contribution in [3.05, 3.63) is 52.2 Å². The van der Waals surface area contributed by atoms with Crippen molar-refractivity contribution in [2.75, 3.05) is 24.1 Å². The number of methoxy groups -OCH3 is 1. The Bertz CT molecular complexity index is 1760. The first-order chi connectivity index (χ1) is 24.2. The van der Waals surface area contributed by atoms with Crippen LogP contribution in [0.2, 0.25) is 0 Å². The first-order valence-corrected chi connectivity index (χ1v) is 18.5. The Morgan fingerprint density at radius 2 is 1.67 bits per heavy atom. The molecule has 1 aromatic heterocycles. The average molecular weight is 780 g/mol. The number of thiazole rings is 1. The van der Waals surface area contributed by atoms with Crippen LogP contribution in [0.1, 0.15) is 66.6 Å². The van der Waals surface area contributed by atoms with E-state index >= 15 is 0 Å². The van der Waals surface area contributed by atoms with E-state index in [0.29, 0.717) is 22.6 Å². The number of nitrogens with one attached hydrogen (secondary N) is 2. The van der Waals surface area contributed by atoms with Crippen molar-refractivity contribution < 1.29 is 47.8 Å². The van der Waals surface area contributed by atoms with Crippen LogP contribution in [-0.2, 0) is 44.8 Å². The highest BCUT2D eigenvalue weighted by molar-refractivity contribution is 8.00. The standard InChI is InChI=1S/C34H42ClN5O10S2/c1-32(2,3)48-29(44)34(7,8)50-39-22(21-17-52-30(36-21)38-31(45)49-33(4,5)6)25(41)37-23-26(42)40-24(19(14-35)16-51-27(23)40)28(43)47-15-18-10-12-20(46-9)13-11-18/h10-13,17,23,27H,14-16H2,1-9H3,(H,37,41)(H,36,38,45)/b39-22-. The van der Waals surface area contributed by atoms with Crippen molar-refractivity contribution in [2.24, 2.45) is 5.16 Å². The van der Waals surface area contributed by atoms with Gasteiger partial charge in [0.25, 0.3) is 11.8 Å². The second-order valence-corrected chi connectivity index (χ2v) is 16.3. The van der Waals surface area contributed by atoms with Gasteiger partial charge in [-0.05, 0) is 78.7 Å². The van der Waals surface area contributed by atoms with Gasteiger partial charge in [0.2, 0.25) is 5.60 Å². The molecule has 52 heavy (non-hydrogen) atoms. The van der Waals surface area contributed by atoms with E-state index in [2.05, 4.69) is 20.8 Å². The van der Waals surface area contributed by atoms with Crippen molar-refractivity contribution >= 4 is 75.4 Å². The van der Waals surface area contributed by atoms with Gasteiger partial charge in [0.15, 0.2) is 10.8 Å². The fraction of sp³-hybridized carbons (Fsp3) is 0.500. The van der Waals surface area contributed by atoms with Crippen LogP contribution in [0.25, 0.3) is 0 Å². The molecule has 0 bridgehead atoms. The van der Waals surface area contributed by atoms with Gasteiger partial charge < -0.3 is 29.1 Å². The lowest BCUT2D eigenvalue weighted by molar-refractivity contribution is -0.179. The Balaban J connectivity index is 1.54. The van der Waals surface area contributed by atoms with Gasteiger partial charge in [-0.3, -0.25) is 19.8 Å². The number of halogens is 1. The highest BCUT2D eigenvalue weighted by Crippen LogP contribution is 2.41. The third-order valence-electron chi connectivity index (χ3n) is 7.04. The number of carbonyl (C=O) groups excluding carboxylic acids is 5. The van der Waals surface area contributed by atoms with E-state index < -0.39 is 63.8 Å². The summed E-state index contributed by atoms with van der Waals surface area (Å²) in [7, 11) is 1.54. The van der Waals surface area contributed by atoms with Gasteiger partial charge in [-0.25, -0.2) is 19.4 Å². The van der Waals surface area contributed by atoms with E-state index in [4.69, 9.17) is 35.4 Å². The molecular weight excluding hydrogens is 738 g/mol. The second kappa shape index (κ2) is 16.1. The predicted octanol–water partition coefficient (Wildman–Crippen LogP) is 4.98. The molecule has 2 aliphatic rings. The molecule has 1 fully saturated rings. The Kier molecular flexibility index (Phi) is 12.5. The number of hydrogen-bond acceptors (Lipinski definition) is 14. The van der Waals surface area contributed by atoms with Gasteiger partial charge in [-0.15, -0.1) is 34.7 Å². The maximum absolute atomic E-state index is 13.8. The topological polar surface area (TPSA) is 184 Å². The third-order valence-corrected chi connectivity index (χ3v) is 9.46. The normalized spacial score (nSPS) is 17.8. The zero-order valence-corrected chi connectivity index (χ0v) is 32.7. The smallest absolute Gasteiger partial charge is 0.413 e. The first-order valence-electron chi connectivity index (χ1n) is 16.0. The first kappa shape index (κ1) is 40.4. The predicted molar refractivity (Wildman–Crippen MR) is 195 cm³/mol. The molecule has 3 heterocycles. The van der Waals surface area contributed by atoms with Crippen LogP contribution < -0.4 is 15.4 Å². The molecule has 0 saturated carbocycles. The highest BCUT2D eigenvalue weighted by atomic mass is 35.5. The number of ether oxygens (including phenoxy) is 4. The minimum Gasteiger partial charge on any atom is -0.497 e. The summed E-state index contributed by atoms with van der Waals surface area (Å²) >= 11 is 8.46. The molecule has 0 aliphatic carbocycles. The SMILES string of the molecule is COc1ccc(COC(=O)C2=C(CCl)CSC3C(NC(=O)/C(=N\OC(C)(C)C(=O)OC(C)(C)C)c4csc(NC(=O)OC(C)(C)C)n4)C(=O)N23)cc1. The number of carbonyl (C=O) groups is 5. The molecule has 0 radical (unpaired) electrons. The fourth-order valence-corrected chi connectivity index (χ4v) is 6.92. The number of amides is 3. The minimum atomic E-state index is -1.64. The highest BCUT2D eigenvalue weighted by Gasteiger charge is 2.54. The van der Waals surface area contributed by atoms with Crippen LogP contribution in [-0.4, -0.2) is 92.4 Å². The van der Waals surface area contributed by atoms with E-state index in [-0.39, 0.29) is 29.0 Å². The number of thioether (sulfide) groups is 1. The van der Waals surface area contributed by atoms with Gasteiger partial charge in [0.1, 0.15) is 46.4 Å². The number of nitrogens with zero attached hydrogens (tertiary/aromatic N) is 3. The van der Waals surface area contributed by atoms with Gasteiger partial charge in [-0.1, -0.05) is 17.3 Å². The molecule has 1 saturated heterocycles. The molecule has 1 aromatic carbocycles. The molecule has 282 valence electrons. The molecule has 3 amide bonds. The summed E-state index contributed by atoms with van der Waals surface area (Å²) in [6.45, 7) is 13.0. The molecule has 2 unspecified atom stereocenters. The van der Waals surface area contributed by atoms with Crippen LogP contribution in [0.5, 0.6) is 5.75 Å². The van der Waals surface area contributed by atoms with E-state index in [1.165, 1.54) is 35.9 Å². The van der Waals surface area contributed by atoms with Crippen LogP contribution >= 0.6 is 34.7 Å². The lowest BCUT2D eigenvalue weighted by atomic mass is 10.0. The molecule has 0 spiro atoms. The number of β-lactam (4-membered cyclic amide) rings is 1. The summed E-state index contributed by atoms with van der Waals surface area (Å²) in [6.07, 6.45) is -0.768. The van der Waals surface area contributed by atoms with Gasteiger partial charge in [0, 0.05) is 17.0 Å². The number of benzene rings is 1. The van der Waals surface area contributed by atoms with Crippen molar-refractivity contribution in [1.82, 2.24) is 15.2 Å². The largest absolute Gasteiger partial charge is 0.497 e. The molecule has 2 N–H and O–H groups in total. The fourth-order valence-electron chi connectivity index (χ4n) is 4.56. The van der Waals surface area contributed by atoms with Crippen LogP contribution in [0.4, 0.5) is 9.93 Å². The van der Waals surface area contributed by atoms with Gasteiger partial charge in [-0.2, -0.15) is 0 Å². The van der Waals surface area contributed by atoms with Crippen LogP contribution in [0.15, 0.2) is 46.1 Å². The number of rotatable bonds is 12. The average Bonchev–Trinajstić information content (AvgIpc) is 3.51. The molecule has 18 heteroatoms. The number of fused-ring (bicyclic) bond motifs is 1. The second-order valence-electron chi connectivity index (χ2n) is 14.1. The summed E-state index contributed by atoms with van der Waals surface area (Å²) in [6, 6.07) is 5.88. The lowest BCUT2D eigenvalue weighted by Gasteiger charge is -2.49. The van der Waals surface area contributed by atoms with E-state index in [1.807, 2.05) is 0 Å². The van der Waals surface area contributed by atoms with Crippen molar-refractivity contribution in [1.29, 1.82) is 0 Å². The lowest BCUT2D eigenvalue weighted by Crippen LogP contribution is -2.71. The molecule has 2 atom stereocenters. The number of oxime groups is 1. The summed E-state index contributed by atoms with van der Waals surface area (Å²) in [4.78, 5) is 77.1. The van der Waals surface area contributed by atoms with Crippen LogP contribution in [0, 0.1) is 0 Å². The Labute approximate surface area is 314 Å². The summed E-state index contributed by atoms with van der Waals surface area (Å²) in [5, 5.41) is 10.0. The Morgan fingerprint density at radius 1 is 1.02 bits per heavy atom. The van der Waals surface area contributed by atoms with Gasteiger partial charge in [0.05, 0.1) is 7.11 Å². The van der Waals surface area contributed by atoms with Gasteiger partial charge >= 0.3 is 18.0 Å². The summed E-state index contributed by atoms with van der Waals surface area (Å²) in [5.41, 5.74) is -2.42. The van der Waals surface area contributed by atoms with Crippen LogP contribution in [0.3, 0.4) is 0 Å². The maximum Gasteiger partial charge on any atom is 0.413 e. The molecular formula is C34H42ClN5O10S2. The minimum absolute atomic E-state index is 0.0153. The summed E-state index contributed by atoms with van der Waals surface area (Å²) < 4.78 is 21.4. The zero-order chi connectivity index (χ0) is 38.6. The van der Waals surface area contributed by atoms with E-state index in [0.717, 1.165) is 11.3 Å². The molecule has 2 aliphatic heterocycles. The Hall–Kier alpha value is -4.35. The number of hydrogen-bond donors (Lipinski definition) is 2. The monoisotopic (exact) mass is 779 g/mol. The quantitative estimate of drug-likeness (QED) is 0.0737. The zero-order valence-electron chi connectivity index (χ0n) is 30.3. The van der Waals surface area contributed by atoms with Crippen molar-refractivity contribution in [3.8, 4) is 5.75 Å². The third kappa shape index (κ3) is 10.2. The van der Waals surface area contributed by atoms with E-state index in [1.54, 1.807) is 72.9 Å². The summed E-state index contributed by atoms with van der Waals surface area (Å²) in [5.74, 6) is -2.00. The number of anilines is 1. The molecule has 4 rings (SSSR count). The Morgan fingerprint density at radius 3 is 2.27 bits per heavy atom. The number of esters is 2. The number of aromatic nitrogens is 1. The maximum atomic E-state index is 13.8. The molecule has 2 aromatic rings. The van der Waals surface area contributed by atoms with Crippen molar-refractivity contribution in [3.63, 3.8) is 0 Å².